The minimum Gasteiger partial charge on any atom is -0.508 e. The zero-order valence-electron chi connectivity index (χ0n) is 10.0. The quantitative estimate of drug-likeness (QED) is 0.793. The Morgan fingerprint density at radius 3 is 3.00 bits per heavy atom. The maximum Gasteiger partial charge on any atom is 0.118 e. The van der Waals surface area contributed by atoms with Crippen LogP contribution in [0.15, 0.2) is 24.3 Å². The van der Waals surface area contributed by atoms with Crippen molar-refractivity contribution in [3.63, 3.8) is 0 Å². The number of phenolic OH excluding ortho intramolecular Hbond substituents is 1. The van der Waals surface area contributed by atoms with E-state index in [0.717, 1.165) is 28.4 Å². The Morgan fingerprint density at radius 1 is 1.39 bits per heavy atom. The second-order valence-corrected chi connectivity index (χ2v) is 6.43. The van der Waals surface area contributed by atoms with Crippen LogP contribution in [0, 0.1) is 6.92 Å². The van der Waals surface area contributed by atoms with Crippen molar-refractivity contribution in [3.05, 3.63) is 44.6 Å². The third-order valence-corrected chi connectivity index (χ3v) is 4.72. The summed E-state index contributed by atoms with van der Waals surface area (Å²) in [5, 5.41) is 13.0. The number of hydrogen-bond acceptors (Lipinski definition) is 3. The highest BCUT2D eigenvalue weighted by Gasteiger charge is 2.24. The van der Waals surface area contributed by atoms with Crippen molar-refractivity contribution in [2.45, 2.75) is 25.8 Å². The fourth-order valence-corrected chi connectivity index (χ4v) is 3.78. The number of aromatic hydroxyl groups is 1. The number of rotatable bonds is 2. The molecule has 1 aliphatic carbocycles. The molecule has 1 aromatic heterocycles. The average molecular weight is 280 g/mol. The van der Waals surface area contributed by atoms with Gasteiger partial charge >= 0.3 is 0 Å². The lowest BCUT2D eigenvalue weighted by Crippen LogP contribution is -2.06. The van der Waals surface area contributed by atoms with Crippen LogP contribution in [0.4, 0.5) is 5.69 Å². The molecule has 0 spiro atoms. The lowest BCUT2D eigenvalue weighted by atomic mass is 10.1. The minimum absolute atomic E-state index is 0.339. The average Bonchev–Trinajstić information content (AvgIpc) is 2.85. The largest absolute Gasteiger partial charge is 0.508 e. The molecule has 94 valence electrons. The van der Waals surface area contributed by atoms with E-state index in [-0.39, 0.29) is 0 Å². The number of fused-ring (bicyclic) bond motifs is 1. The summed E-state index contributed by atoms with van der Waals surface area (Å²) in [6.07, 6.45) is 2.21. The second kappa shape index (κ2) is 4.48. The van der Waals surface area contributed by atoms with E-state index in [1.807, 2.05) is 19.1 Å². The molecule has 0 amide bonds. The van der Waals surface area contributed by atoms with Crippen LogP contribution in [-0.4, -0.2) is 5.11 Å². The van der Waals surface area contributed by atoms with Crippen molar-refractivity contribution in [3.8, 4) is 5.75 Å². The van der Waals surface area contributed by atoms with Crippen LogP contribution < -0.4 is 5.32 Å². The Morgan fingerprint density at radius 2 is 2.22 bits per heavy atom. The standard InChI is InChI=1S/C14H14ClNOS/c1-8-6-9(2-4-12(8)17)16-11-3-5-13-10(11)7-14(15)18-13/h2,4,6-7,11,16-17H,3,5H2,1H3. The topological polar surface area (TPSA) is 32.3 Å². The van der Waals surface area contributed by atoms with Gasteiger partial charge in [-0.15, -0.1) is 11.3 Å². The number of hydrogen-bond donors (Lipinski definition) is 2. The molecule has 2 nitrogen and oxygen atoms in total. The van der Waals surface area contributed by atoms with E-state index in [1.165, 1.54) is 10.4 Å². The normalized spacial score (nSPS) is 17.8. The first-order valence-corrected chi connectivity index (χ1v) is 7.17. The molecule has 0 radical (unpaired) electrons. The maximum atomic E-state index is 9.52. The van der Waals surface area contributed by atoms with E-state index in [9.17, 15) is 5.11 Å². The molecule has 1 unspecified atom stereocenters. The number of phenols is 1. The molecule has 1 aromatic carbocycles. The SMILES string of the molecule is Cc1cc(NC2CCc3sc(Cl)cc32)ccc1O. The van der Waals surface area contributed by atoms with E-state index in [4.69, 9.17) is 11.6 Å². The van der Waals surface area contributed by atoms with Crippen LogP contribution >= 0.6 is 22.9 Å². The highest BCUT2D eigenvalue weighted by Crippen LogP contribution is 2.41. The summed E-state index contributed by atoms with van der Waals surface area (Å²) >= 11 is 7.73. The summed E-state index contributed by atoms with van der Waals surface area (Å²) in [6.45, 7) is 1.90. The van der Waals surface area contributed by atoms with Gasteiger partial charge in [-0.05, 0) is 55.2 Å². The summed E-state index contributed by atoms with van der Waals surface area (Å²) in [5.41, 5.74) is 3.27. The highest BCUT2D eigenvalue weighted by atomic mass is 35.5. The fourth-order valence-electron chi connectivity index (χ4n) is 2.43. The number of aryl methyl sites for hydroxylation is 2. The van der Waals surface area contributed by atoms with E-state index in [0.29, 0.717) is 11.8 Å². The van der Waals surface area contributed by atoms with Gasteiger partial charge < -0.3 is 10.4 Å². The van der Waals surface area contributed by atoms with Crippen LogP contribution in [0.3, 0.4) is 0 Å². The van der Waals surface area contributed by atoms with Crippen LogP contribution in [0.1, 0.15) is 28.5 Å². The number of halogens is 1. The van der Waals surface area contributed by atoms with Gasteiger partial charge in [-0.2, -0.15) is 0 Å². The van der Waals surface area contributed by atoms with Gasteiger partial charge in [-0.1, -0.05) is 11.6 Å². The summed E-state index contributed by atoms with van der Waals surface area (Å²) in [4.78, 5) is 1.40. The number of thiophene rings is 1. The Bertz CT molecular complexity index is 593. The lowest BCUT2D eigenvalue weighted by molar-refractivity contribution is 0.471. The molecule has 1 heterocycles. The second-order valence-electron chi connectivity index (χ2n) is 4.67. The summed E-state index contributed by atoms with van der Waals surface area (Å²) in [5.74, 6) is 0.339. The predicted octanol–water partition coefficient (Wildman–Crippen LogP) is 4.51. The highest BCUT2D eigenvalue weighted by molar-refractivity contribution is 7.16. The molecular formula is C14H14ClNOS. The van der Waals surface area contributed by atoms with Crippen LogP contribution in [-0.2, 0) is 6.42 Å². The Hall–Kier alpha value is -1.19. The van der Waals surface area contributed by atoms with Gasteiger partial charge in [0.25, 0.3) is 0 Å². The third kappa shape index (κ3) is 2.08. The van der Waals surface area contributed by atoms with Crippen molar-refractivity contribution in [1.82, 2.24) is 0 Å². The minimum atomic E-state index is 0.339. The zero-order valence-corrected chi connectivity index (χ0v) is 11.6. The van der Waals surface area contributed by atoms with Crippen molar-refractivity contribution < 1.29 is 5.11 Å². The van der Waals surface area contributed by atoms with Gasteiger partial charge in [0.1, 0.15) is 5.75 Å². The molecule has 18 heavy (non-hydrogen) atoms. The molecule has 0 saturated carbocycles. The molecule has 0 bridgehead atoms. The molecule has 1 atom stereocenters. The summed E-state index contributed by atoms with van der Waals surface area (Å²) in [6, 6.07) is 8.02. The molecule has 4 heteroatoms. The third-order valence-electron chi connectivity index (χ3n) is 3.38. The van der Waals surface area contributed by atoms with Crippen LogP contribution in [0.2, 0.25) is 4.34 Å². The maximum absolute atomic E-state index is 9.52. The monoisotopic (exact) mass is 279 g/mol. The molecule has 0 aliphatic heterocycles. The van der Waals surface area contributed by atoms with E-state index in [2.05, 4.69) is 11.4 Å². The van der Waals surface area contributed by atoms with E-state index in [1.54, 1.807) is 17.4 Å². The van der Waals surface area contributed by atoms with E-state index >= 15 is 0 Å². The Labute approximate surface area is 115 Å². The van der Waals surface area contributed by atoms with Crippen molar-refractivity contribution in [2.24, 2.45) is 0 Å². The van der Waals surface area contributed by atoms with Gasteiger partial charge in [0.2, 0.25) is 0 Å². The number of anilines is 1. The van der Waals surface area contributed by atoms with Gasteiger partial charge in [0.15, 0.2) is 0 Å². The van der Waals surface area contributed by atoms with Gasteiger partial charge in [-0.3, -0.25) is 0 Å². The molecule has 2 N–H and O–H groups in total. The summed E-state index contributed by atoms with van der Waals surface area (Å²) < 4.78 is 0.869. The van der Waals surface area contributed by atoms with Crippen molar-refractivity contribution >= 4 is 28.6 Å². The van der Waals surface area contributed by atoms with Crippen LogP contribution in [0.5, 0.6) is 5.75 Å². The van der Waals surface area contributed by atoms with Gasteiger partial charge in [0, 0.05) is 10.6 Å². The van der Waals surface area contributed by atoms with Gasteiger partial charge in [-0.25, -0.2) is 0 Å². The number of benzene rings is 1. The fraction of sp³-hybridized carbons (Fsp3) is 0.286. The molecule has 2 aromatic rings. The first-order valence-electron chi connectivity index (χ1n) is 5.98. The molecular weight excluding hydrogens is 266 g/mol. The summed E-state index contributed by atoms with van der Waals surface area (Å²) in [7, 11) is 0. The van der Waals surface area contributed by atoms with Gasteiger partial charge in [0.05, 0.1) is 10.4 Å². The Balaban J connectivity index is 1.83. The predicted molar refractivity (Wildman–Crippen MR) is 76.9 cm³/mol. The van der Waals surface area contributed by atoms with Crippen LogP contribution in [0.25, 0.3) is 0 Å². The first kappa shape index (κ1) is 11.9. The van der Waals surface area contributed by atoms with Crippen molar-refractivity contribution in [1.29, 1.82) is 0 Å². The molecule has 0 fully saturated rings. The first-order chi connectivity index (χ1) is 8.63. The Kier molecular flexibility index (Phi) is 2.96. The molecule has 3 rings (SSSR count). The molecule has 0 saturated heterocycles. The van der Waals surface area contributed by atoms with E-state index < -0.39 is 0 Å². The zero-order chi connectivity index (χ0) is 12.7. The smallest absolute Gasteiger partial charge is 0.118 e. The van der Waals surface area contributed by atoms with Crippen molar-refractivity contribution in [2.75, 3.05) is 5.32 Å². The lowest BCUT2D eigenvalue weighted by Gasteiger charge is -2.15. The number of nitrogens with one attached hydrogen (secondary N) is 1. The molecule has 1 aliphatic rings.